The fourth-order valence-corrected chi connectivity index (χ4v) is 2.95. The van der Waals surface area contributed by atoms with Crippen LogP contribution in [0.5, 0.6) is 0 Å². The molecule has 0 rings (SSSR count). The van der Waals surface area contributed by atoms with Crippen molar-refractivity contribution >= 4 is 24.6 Å². The van der Waals surface area contributed by atoms with Gasteiger partial charge in [-0.05, 0) is 45.0 Å². The fraction of sp³-hybridized carbons (Fsp3) is 0.800. The first-order chi connectivity index (χ1) is 10.4. The van der Waals surface area contributed by atoms with Gasteiger partial charge in [-0.15, -0.1) is 0 Å². The predicted molar refractivity (Wildman–Crippen MR) is 96.1 cm³/mol. The van der Waals surface area contributed by atoms with Crippen LogP contribution in [0.25, 0.3) is 0 Å². The van der Waals surface area contributed by atoms with Gasteiger partial charge in [0, 0.05) is 6.08 Å². The summed E-state index contributed by atoms with van der Waals surface area (Å²) in [5.74, 6) is -0.540. The van der Waals surface area contributed by atoms with Crippen LogP contribution in [-0.2, 0) is 28.4 Å². The highest BCUT2D eigenvalue weighted by Crippen LogP contribution is 2.37. The van der Waals surface area contributed by atoms with Crippen molar-refractivity contribution < 1.29 is 26.6 Å². The summed E-state index contributed by atoms with van der Waals surface area (Å²) in [5, 5.41) is 4.77. The number of hydrogen-bond donors (Lipinski definition) is 1. The van der Waals surface area contributed by atoms with Crippen molar-refractivity contribution in [3.63, 3.8) is 0 Å². The quantitative estimate of drug-likeness (QED) is 0.413. The van der Waals surface area contributed by atoms with Crippen molar-refractivity contribution in [3.05, 3.63) is 12.2 Å². The lowest BCUT2D eigenvalue weighted by Crippen LogP contribution is -2.45. The molecule has 9 heteroatoms. The van der Waals surface area contributed by atoms with Crippen LogP contribution in [0.4, 0.5) is 0 Å². The number of hydrogen-bond acceptors (Lipinski definition) is 6. The van der Waals surface area contributed by atoms with Crippen molar-refractivity contribution in [2.24, 2.45) is 5.14 Å². The highest BCUT2D eigenvalue weighted by atomic mass is 32.2. The van der Waals surface area contributed by atoms with Crippen LogP contribution >= 0.6 is 0 Å². The van der Waals surface area contributed by atoms with Gasteiger partial charge >= 0.3 is 16.3 Å². The Balaban J connectivity index is 5.17. The van der Waals surface area contributed by atoms with E-state index in [0.29, 0.717) is 0 Å². The Morgan fingerprint density at radius 1 is 1.17 bits per heavy atom. The molecular weight excluding hydrogens is 350 g/mol. The maximum atomic E-state index is 11.8. The Morgan fingerprint density at radius 3 is 2.04 bits per heavy atom. The summed E-state index contributed by atoms with van der Waals surface area (Å²) in [5.41, 5.74) is -0.617. The smallest absolute Gasteiger partial charge is 0.333 e. The molecule has 0 amide bonds. The number of carbonyl (C=O) groups is 1. The Hall–Kier alpha value is -0.743. The zero-order valence-corrected chi connectivity index (χ0v) is 17.7. The van der Waals surface area contributed by atoms with Gasteiger partial charge in [-0.2, -0.15) is 8.42 Å². The molecule has 0 unspecified atom stereocenters. The van der Waals surface area contributed by atoms with Crippen molar-refractivity contribution in [1.29, 1.82) is 0 Å². The van der Waals surface area contributed by atoms with Gasteiger partial charge in [0.1, 0.15) is 5.60 Å². The van der Waals surface area contributed by atoms with Crippen LogP contribution in [0, 0.1) is 0 Å². The van der Waals surface area contributed by atoms with E-state index < -0.39 is 36.3 Å². The van der Waals surface area contributed by atoms with Crippen LogP contribution in [0.15, 0.2) is 12.2 Å². The van der Waals surface area contributed by atoms with Crippen molar-refractivity contribution in [3.8, 4) is 0 Å². The number of ether oxygens (including phenoxy) is 1. The minimum atomic E-state index is -4.09. The number of nitrogens with two attached hydrogens (primary N) is 1. The van der Waals surface area contributed by atoms with Crippen LogP contribution in [-0.4, -0.2) is 41.0 Å². The summed E-state index contributed by atoms with van der Waals surface area (Å²) in [6, 6.07) is 0. The Labute approximate surface area is 146 Å². The van der Waals surface area contributed by atoms with Crippen molar-refractivity contribution in [2.45, 2.75) is 71.4 Å². The molecule has 0 aromatic heterocycles. The van der Waals surface area contributed by atoms with Crippen molar-refractivity contribution in [1.82, 2.24) is 0 Å². The Kier molecular flexibility index (Phi) is 7.84. The Bertz CT molecular complexity index is 557. The molecule has 0 radical (unpaired) electrons. The third kappa shape index (κ3) is 10.2. The highest BCUT2D eigenvalue weighted by Gasteiger charge is 2.39. The van der Waals surface area contributed by atoms with Crippen LogP contribution in [0.3, 0.4) is 0 Å². The second-order valence-corrected chi connectivity index (χ2v) is 14.1. The molecule has 0 saturated carbocycles. The molecule has 0 saturated heterocycles. The lowest BCUT2D eigenvalue weighted by molar-refractivity contribution is -0.148. The lowest BCUT2D eigenvalue weighted by atomic mass is 10.2. The minimum absolute atomic E-state index is 0.0907. The molecule has 0 aliphatic rings. The molecule has 0 fully saturated rings. The van der Waals surface area contributed by atoms with Gasteiger partial charge in [0.05, 0.1) is 12.7 Å². The molecule has 0 aromatic rings. The third-order valence-corrected chi connectivity index (χ3v) is 8.47. The molecule has 0 heterocycles. The molecule has 1 atom stereocenters. The van der Waals surface area contributed by atoms with Crippen LogP contribution in [0.1, 0.15) is 41.5 Å². The van der Waals surface area contributed by atoms with Crippen molar-refractivity contribution in [2.75, 3.05) is 6.61 Å². The average molecular weight is 382 g/mol. The minimum Gasteiger partial charge on any atom is -0.457 e. The largest absolute Gasteiger partial charge is 0.457 e. The molecule has 24 heavy (non-hydrogen) atoms. The zero-order valence-electron chi connectivity index (χ0n) is 15.9. The number of carbonyl (C=O) groups excluding carboxylic acids is 1. The Morgan fingerprint density at radius 2 is 1.67 bits per heavy atom. The monoisotopic (exact) mass is 381 g/mol. The summed E-state index contributed by atoms with van der Waals surface area (Å²) in [7, 11) is -6.29. The molecule has 0 spiro atoms. The normalized spacial score (nSPS) is 15.5. The van der Waals surface area contributed by atoms with E-state index >= 15 is 0 Å². The first kappa shape index (κ1) is 23.3. The van der Waals surface area contributed by atoms with Gasteiger partial charge in [-0.1, -0.05) is 20.8 Å². The first-order valence-electron chi connectivity index (χ1n) is 7.69. The second-order valence-electron chi connectivity index (χ2n) is 8.09. The maximum Gasteiger partial charge on any atom is 0.333 e. The molecule has 2 N–H and O–H groups in total. The zero-order chi connectivity index (χ0) is 19.4. The van der Waals surface area contributed by atoms with Gasteiger partial charge in [-0.3, -0.25) is 4.18 Å². The molecule has 0 bridgehead atoms. The molecule has 0 aromatic carbocycles. The van der Waals surface area contributed by atoms with E-state index in [0.717, 1.165) is 0 Å². The molecule has 0 aliphatic carbocycles. The van der Waals surface area contributed by atoms with E-state index in [1.54, 1.807) is 20.8 Å². The van der Waals surface area contributed by atoms with Gasteiger partial charge < -0.3 is 9.16 Å². The lowest BCUT2D eigenvalue weighted by Gasteiger charge is -2.38. The SMILES string of the molecule is CC(C)(C)OC(=O)/C=C\[C@@H](COS(N)(=O)=O)O[Si](C)(C)C(C)(C)C. The van der Waals surface area contributed by atoms with E-state index in [4.69, 9.17) is 14.3 Å². The van der Waals surface area contributed by atoms with Gasteiger partial charge in [-0.25, -0.2) is 9.93 Å². The average Bonchev–Trinajstić information content (AvgIpc) is 2.27. The summed E-state index contributed by atoms with van der Waals surface area (Å²) < 4.78 is 37.9. The van der Waals surface area contributed by atoms with Crippen LogP contribution in [0.2, 0.25) is 18.1 Å². The van der Waals surface area contributed by atoms with E-state index in [9.17, 15) is 13.2 Å². The van der Waals surface area contributed by atoms with Gasteiger partial charge in [0.15, 0.2) is 8.32 Å². The second kappa shape index (κ2) is 8.09. The standard InChI is InChI=1S/C15H31NO6SSi/c1-14(2,3)21-13(17)10-9-12(11-20-23(16,18)19)22-24(7,8)15(4,5)6/h9-10,12H,11H2,1-8H3,(H2,16,18,19)/b10-9-/t12-/m0/s1. The molecular formula is C15H31NO6SSi. The highest BCUT2D eigenvalue weighted by molar-refractivity contribution is 7.84. The predicted octanol–water partition coefficient (Wildman–Crippen LogP) is 2.49. The van der Waals surface area contributed by atoms with E-state index in [2.05, 4.69) is 4.18 Å². The van der Waals surface area contributed by atoms with E-state index in [-0.39, 0.29) is 11.6 Å². The number of esters is 1. The summed E-state index contributed by atoms with van der Waals surface area (Å²) in [6.07, 6.45) is 1.94. The third-order valence-electron chi connectivity index (χ3n) is 3.50. The molecule has 7 nitrogen and oxygen atoms in total. The first-order valence-corrected chi connectivity index (χ1v) is 12.1. The van der Waals surface area contributed by atoms with Crippen LogP contribution < -0.4 is 5.14 Å². The number of rotatable bonds is 7. The maximum absolute atomic E-state index is 11.8. The van der Waals surface area contributed by atoms with Gasteiger partial charge in [0.2, 0.25) is 0 Å². The summed E-state index contributed by atoms with van der Waals surface area (Å²) in [4.78, 5) is 11.8. The molecule has 142 valence electrons. The van der Waals surface area contributed by atoms with E-state index in [1.165, 1.54) is 12.2 Å². The summed E-state index contributed by atoms with van der Waals surface area (Å²) in [6.45, 7) is 15.1. The summed E-state index contributed by atoms with van der Waals surface area (Å²) >= 11 is 0. The topological polar surface area (TPSA) is 105 Å². The fourth-order valence-electron chi connectivity index (χ4n) is 1.37. The van der Waals surface area contributed by atoms with Gasteiger partial charge in [0.25, 0.3) is 0 Å². The van der Waals surface area contributed by atoms with E-state index in [1.807, 2.05) is 33.9 Å². The molecule has 0 aliphatic heterocycles.